The largest absolute Gasteiger partial charge is 0.453 e. The van der Waals surface area contributed by atoms with Crippen molar-refractivity contribution in [1.29, 1.82) is 0 Å². The fraction of sp³-hybridized carbons (Fsp3) is 0.467. The Hall–Kier alpha value is -2.13. The van der Waals surface area contributed by atoms with Crippen molar-refractivity contribution in [3.8, 4) is 0 Å². The Kier molecular flexibility index (Phi) is 4.22. The zero-order valence-corrected chi connectivity index (χ0v) is 14.7. The zero-order valence-electron chi connectivity index (χ0n) is 13.9. The molecule has 1 fully saturated rings. The molecule has 1 amide bonds. The first-order valence-electron chi connectivity index (χ1n) is 7.60. The molecule has 130 valence electrons. The number of methoxy groups -OCH3 is 1. The number of nitrogens with zero attached hydrogens (tertiary/aromatic N) is 4. The van der Waals surface area contributed by atoms with E-state index < -0.39 is 16.1 Å². The number of rotatable bonds is 2. The topological polar surface area (TPSA) is 84.7 Å². The molecule has 0 bridgehead atoms. The summed E-state index contributed by atoms with van der Waals surface area (Å²) in [5.41, 5.74) is 1.55. The Morgan fingerprint density at radius 2 is 1.88 bits per heavy atom. The van der Waals surface area contributed by atoms with Crippen molar-refractivity contribution < 1.29 is 17.9 Å². The highest BCUT2D eigenvalue weighted by Crippen LogP contribution is 2.23. The molecule has 0 saturated carbocycles. The van der Waals surface area contributed by atoms with E-state index in [0.29, 0.717) is 18.6 Å². The smallest absolute Gasteiger partial charge is 0.409 e. The standard InChI is InChI=1S/C15H20N4O4S/c1-11-16-13-10-12(4-5-14(13)17(11)2)24(21,22)19-8-6-18(7-9-19)15(20)23-3/h4-5,10H,6-9H2,1-3H3. The highest BCUT2D eigenvalue weighted by molar-refractivity contribution is 7.89. The maximum absolute atomic E-state index is 12.8. The minimum Gasteiger partial charge on any atom is -0.453 e. The van der Waals surface area contributed by atoms with Gasteiger partial charge in [-0.25, -0.2) is 18.2 Å². The summed E-state index contributed by atoms with van der Waals surface area (Å²) in [7, 11) is -0.399. The molecule has 8 nitrogen and oxygen atoms in total. The maximum Gasteiger partial charge on any atom is 0.409 e. The molecule has 2 heterocycles. The van der Waals surface area contributed by atoms with E-state index >= 15 is 0 Å². The summed E-state index contributed by atoms with van der Waals surface area (Å²) in [5, 5.41) is 0. The summed E-state index contributed by atoms with van der Waals surface area (Å²) in [5.74, 6) is 0.825. The number of imidazole rings is 1. The minimum atomic E-state index is -3.61. The molecule has 0 aliphatic carbocycles. The van der Waals surface area contributed by atoms with Crippen LogP contribution >= 0.6 is 0 Å². The predicted molar refractivity (Wildman–Crippen MR) is 88.2 cm³/mol. The molecule has 0 atom stereocenters. The number of benzene rings is 1. The van der Waals surface area contributed by atoms with Gasteiger partial charge in [0.25, 0.3) is 0 Å². The summed E-state index contributed by atoms with van der Waals surface area (Å²) in [6.45, 7) is 3.00. The lowest BCUT2D eigenvalue weighted by atomic mass is 10.3. The van der Waals surface area contributed by atoms with E-state index in [9.17, 15) is 13.2 Å². The number of fused-ring (bicyclic) bond motifs is 1. The molecule has 0 N–H and O–H groups in total. The van der Waals surface area contributed by atoms with Gasteiger partial charge in [0.15, 0.2) is 0 Å². The van der Waals surface area contributed by atoms with E-state index in [4.69, 9.17) is 0 Å². The van der Waals surface area contributed by atoms with Gasteiger partial charge in [0.2, 0.25) is 10.0 Å². The van der Waals surface area contributed by atoms with E-state index in [1.165, 1.54) is 16.3 Å². The lowest BCUT2D eigenvalue weighted by Crippen LogP contribution is -2.50. The lowest BCUT2D eigenvalue weighted by Gasteiger charge is -2.33. The van der Waals surface area contributed by atoms with Gasteiger partial charge in [-0.15, -0.1) is 0 Å². The highest BCUT2D eigenvalue weighted by Gasteiger charge is 2.30. The number of piperazine rings is 1. The highest BCUT2D eigenvalue weighted by atomic mass is 32.2. The number of sulfonamides is 1. The first kappa shape index (κ1) is 16.7. The van der Waals surface area contributed by atoms with Crippen LogP contribution in [0.3, 0.4) is 0 Å². The molecular formula is C15H20N4O4S. The van der Waals surface area contributed by atoms with Gasteiger partial charge in [-0.2, -0.15) is 4.31 Å². The Morgan fingerprint density at radius 3 is 2.50 bits per heavy atom. The molecule has 1 aliphatic heterocycles. The second-order valence-electron chi connectivity index (χ2n) is 5.73. The third-order valence-corrected chi connectivity index (χ3v) is 6.28. The fourth-order valence-corrected chi connectivity index (χ4v) is 4.29. The second kappa shape index (κ2) is 6.06. The van der Waals surface area contributed by atoms with E-state index in [1.807, 2.05) is 18.5 Å². The quantitative estimate of drug-likeness (QED) is 0.803. The van der Waals surface area contributed by atoms with E-state index in [1.54, 1.807) is 18.2 Å². The number of carbonyl (C=O) groups is 1. The summed E-state index contributed by atoms with van der Waals surface area (Å²) in [4.78, 5) is 17.6. The van der Waals surface area contributed by atoms with Crippen molar-refractivity contribution in [2.24, 2.45) is 7.05 Å². The van der Waals surface area contributed by atoms with Gasteiger partial charge < -0.3 is 14.2 Å². The number of aryl methyl sites for hydroxylation is 2. The van der Waals surface area contributed by atoms with E-state index in [2.05, 4.69) is 9.72 Å². The average Bonchev–Trinajstić information content (AvgIpc) is 2.88. The van der Waals surface area contributed by atoms with Crippen LogP contribution in [0.1, 0.15) is 5.82 Å². The first-order chi connectivity index (χ1) is 11.3. The van der Waals surface area contributed by atoms with E-state index in [-0.39, 0.29) is 18.0 Å². The average molecular weight is 352 g/mol. The molecule has 1 saturated heterocycles. The van der Waals surface area contributed by atoms with E-state index in [0.717, 1.165) is 11.3 Å². The summed E-state index contributed by atoms with van der Waals surface area (Å²) in [6, 6.07) is 4.97. The molecule has 24 heavy (non-hydrogen) atoms. The second-order valence-corrected chi connectivity index (χ2v) is 7.67. The molecular weight excluding hydrogens is 332 g/mol. The van der Waals surface area contributed by atoms with Crippen molar-refractivity contribution in [3.63, 3.8) is 0 Å². The maximum atomic E-state index is 12.8. The van der Waals surface area contributed by atoms with Crippen molar-refractivity contribution in [3.05, 3.63) is 24.0 Å². The number of ether oxygens (including phenoxy) is 1. The van der Waals surface area contributed by atoms with Gasteiger partial charge in [0.05, 0.1) is 23.0 Å². The molecule has 0 unspecified atom stereocenters. The Bertz CT molecular complexity index is 882. The third kappa shape index (κ3) is 2.73. The number of aromatic nitrogens is 2. The fourth-order valence-electron chi connectivity index (χ4n) is 2.85. The van der Waals surface area contributed by atoms with Crippen molar-refractivity contribution in [2.45, 2.75) is 11.8 Å². The SMILES string of the molecule is COC(=O)N1CCN(S(=O)(=O)c2ccc3c(c2)nc(C)n3C)CC1. The molecule has 3 rings (SSSR count). The Balaban J connectivity index is 1.85. The number of hydrogen-bond acceptors (Lipinski definition) is 5. The van der Waals surface area contributed by atoms with Crippen LogP contribution in [0.4, 0.5) is 4.79 Å². The van der Waals surface area contributed by atoms with Gasteiger partial charge in [0.1, 0.15) is 5.82 Å². The third-order valence-electron chi connectivity index (χ3n) is 4.39. The van der Waals surface area contributed by atoms with Crippen molar-refractivity contribution in [1.82, 2.24) is 18.8 Å². The van der Waals surface area contributed by atoms with Crippen LogP contribution in [-0.2, 0) is 21.8 Å². The van der Waals surface area contributed by atoms with Crippen LogP contribution in [0.25, 0.3) is 11.0 Å². The first-order valence-corrected chi connectivity index (χ1v) is 9.04. The molecule has 1 aromatic heterocycles. The Morgan fingerprint density at radius 1 is 1.21 bits per heavy atom. The van der Waals surface area contributed by atoms with Crippen molar-refractivity contribution in [2.75, 3.05) is 33.3 Å². The van der Waals surface area contributed by atoms with Gasteiger partial charge in [-0.1, -0.05) is 0 Å². The molecule has 2 aromatic rings. The predicted octanol–water partition coefficient (Wildman–Crippen LogP) is 0.954. The van der Waals surface area contributed by atoms with Crippen LogP contribution in [0.5, 0.6) is 0 Å². The summed E-state index contributed by atoms with van der Waals surface area (Å²) in [6.07, 6.45) is -0.433. The molecule has 9 heteroatoms. The normalized spacial score (nSPS) is 16.5. The number of carbonyl (C=O) groups excluding carboxylic acids is 1. The van der Waals surface area contributed by atoms with Crippen LogP contribution in [0.15, 0.2) is 23.1 Å². The number of amides is 1. The molecule has 0 spiro atoms. The van der Waals surface area contributed by atoms with Gasteiger partial charge in [-0.3, -0.25) is 0 Å². The Labute approximate surface area is 140 Å². The van der Waals surface area contributed by atoms with Crippen LogP contribution < -0.4 is 0 Å². The summed E-state index contributed by atoms with van der Waals surface area (Å²) < 4.78 is 33.6. The minimum absolute atomic E-state index is 0.222. The van der Waals surface area contributed by atoms with Crippen LogP contribution in [0.2, 0.25) is 0 Å². The lowest BCUT2D eigenvalue weighted by molar-refractivity contribution is 0.108. The monoisotopic (exact) mass is 352 g/mol. The molecule has 0 radical (unpaired) electrons. The summed E-state index contributed by atoms with van der Waals surface area (Å²) >= 11 is 0. The zero-order chi connectivity index (χ0) is 17.5. The molecule has 1 aliphatic rings. The van der Waals surface area contributed by atoms with Gasteiger partial charge in [-0.05, 0) is 25.1 Å². The van der Waals surface area contributed by atoms with Crippen LogP contribution in [0, 0.1) is 6.92 Å². The number of hydrogen-bond donors (Lipinski definition) is 0. The van der Waals surface area contributed by atoms with Gasteiger partial charge in [0, 0.05) is 33.2 Å². The van der Waals surface area contributed by atoms with Crippen molar-refractivity contribution >= 4 is 27.1 Å². The molecule has 1 aromatic carbocycles. The van der Waals surface area contributed by atoms with Crippen LogP contribution in [-0.4, -0.2) is 66.6 Å². The van der Waals surface area contributed by atoms with Gasteiger partial charge >= 0.3 is 6.09 Å².